The van der Waals surface area contributed by atoms with Crippen LogP contribution in [0.3, 0.4) is 0 Å². The Morgan fingerprint density at radius 3 is 2.71 bits per heavy atom. The number of alkyl halides is 2. The van der Waals surface area contributed by atoms with Crippen molar-refractivity contribution < 1.29 is 8.78 Å². The van der Waals surface area contributed by atoms with Gasteiger partial charge in [-0.05, 0) is 35.7 Å². The van der Waals surface area contributed by atoms with E-state index in [9.17, 15) is 8.78 Å². The number of fused-ring (bicyclic) bond motifs is 1. The van der Waals surface area contributed by atoms with Crippen molar-refractivity contribution in [2.75, 3.05) is 11.1 Å². The third kappa shape index (κ3) is 2.63. The van der Waals surface area contributed by atoms with Gasteiger partial charge in [0.2, 0.25) is 0 Å². The van der Waals surface area contributed by atoms with Gasteiger partial charge in [0.05, 0.1) is 0 Å². The second kappa shape index (κ2) is 5.36. The highest BCUT2D eigenvalue weighted by molar-refractivity contribution is 5.95. The smallest absolute Gasteiger partial charge is 0.265 e. The number of benzene rings is 2. The lowest BCUT2D eigenvalue weighted by molar-refractivity contribution is 0.152. The molecule has 106 valence electrons. The number of nitrogens with zero attached hydrogens (tertiary/aromatic N) is 1. The zero-order valence-electron chi connectivity index (χ0n) is 11.1. The Labute approximate surface area is 120 Å². The van der Waals surface area contributed by atoms with Crippen molar-refractivity contribution in [3.63, 3.8) is 0 Å². The number of aromatic nitrogens is 1. The van der Waals surface area contributed by atoms with E-state index in [-0.39, 0.29) is 5.56 Å². The lowest BCUT2D eigenvalue weighted by atomic mass is 10.1. The van der Waals surface area contributed by atoms with Gasteiger partial charge in [-0.15, -0.1) is 0 Å². The molecule has 3 N–H and O–H groups in total. The molecule has 0 unspecified atom stereocenters. The summed E-state index contributed by atoms with van der Waals surface area (Å²) in [5, 5.41) is 4.91. The quantitative estimate of drug-likeness (QED) is 0.697. The molecule has 1 heterocycles. The first kappa shape index (κ1) is 13.3. The standard InChI is InChI=1S/C16H13F2N3/c17-16(18)12-8-11(19)4-5-15(12)21-14-3-1-2-10-6-7-20-9-13(10)14/h1-9,16,21H,19H2. The van der Waals surface area contributed by atoms with Gasteiger partial charge in [-0.3, -0.25) is 4.98 Å². The van der Waals surface area contributed by atoms with Crippen molar-refractivity contribution in [2.45, 2.75) is 6.43 Å². The molecule has 0 aliphatic heterocycles. The first-order valence-electron chi connectivity index (χ1n) is 6.42. The summed E-state index contributed by atoms with van der Waals surface area (Å²) in [6.45, 7) is 0. The van der Waals surface area contributed by atoms with Crippen molar-refractivity contribution >= 4 is 27.8 Å². The highest BCUT2D eigenvalue weighted by Crippen LogP contribution is 2.33. The number of nitrogens with one attached hydrogen (secondary N) is 1. The molecule has 0 fully saturated rings. The van der Waals surface area contributed by atoms with E-state index in [0.29, 0.717) is 11.4 Å². The van der Waals surface area contributed by atoms with Gasteiger partial charge >= 0.3 is 0 Å². The third-order valence-corrected chi connectivity index (χ3v) is 3.26. The molecule has 0 radical (unpaired) electrons. The molecule has 0 aliphatic carbocycles. The van der Waals surface area contributed by atoms with Crippen LogP contribution in [0, 0.1) is 0 Å². The number of nitrogen functional groups attached to an aromatic ring is 1. The number of pyridine rings is 1. The van der Waals surface area contributed by atoms with Crippen LogP contribution in [-0.2, 0) is 0 Å². The summed E-state index contributed by atoms with van der Waals surface area (Å²) in [5.74, 6) is 0. The van der Waals surface area contributed by atoms with E-state index in [1.54, 1.807) is 24.5 Å². The van der Waals surface area contributed by atoms with Crippen molar-refractivity contribution in [2.24, 2.45) is 0 Å². The molecule has 0 spiro atoms. The summed E-state index contributed by atoms with van der Waals surface area (Å²) in [6, 6.07) is 12.0. The molecule has 0 bridgehead atoms. The molecule has 0 saturated heterocycles. The van der Waals surface area contributed by atoms with E-state index < -0.39 is 6.43 Å². The number of anilines is 3. The van der Waals surface area contributed by atoms with Crippen LogP contribution in [0.1, 0.15) is 12.0 Å². The molecule has 0 atom stereocenters. The summed E-state index contributed by atoms with van der Waals surface area (Å²) in [6.07, 6.45) is 0.806. The highest BCUT2D eigenvalue weighted by atomic mass is 19.3. The maximum absolute atomic E-state index is 13.1. The molecule has 0 saturated carbocycles. The second-order valence-corrected chi connectivity index (χ2v) is 4.67. The van der Waals surface area contributed by atoms with Crippen LogP contribution >= 0.6 is 0 Å². The topological polar surface area (TPSA) is 50.9 Å². The molecule has 1 aromatic heterocycles. The van der Waals surface area contributed by atoms with Crippen LogP contribution in [0.25, 0.3) is 10.8 Å². The zero-order valence-corrected chi connectivity index (χ0v) is 11.1. The van der Waals surface area contributed by atoms with Crippen LogP contribution in [0.2, 0.25) is 0 Å². The Bertz CT molecular complexity index is 782. The minimum absolute atomic E-state index is 0.115. The summed E-state index contributed by atoms with van der Waals surface area (Å²) < 4.78 is 26.2. The third-order valence-electron chi connectivity index (χ3n) is 3.26. The monoisotopic (exact) mass is 285 g/mol. The van der Waals surface area contributed by atoms with Crippen LogP contribution in [0.5, 0.6) is 0 Å². The van der Waals surface area contributed by atoms with Gasteiger partial charge in [-0.2, -0.15) is 0 Å². The molecule has 0 aliphatic rings. The minimum Gasteiger partial charge on any atom is -0.399 e. The maximum atomic E-state index is 13.1. The largest absolute Gasteiger partial charge is 0.399 e. The molecule has 0 amide bonds. The van der Waals surface area contributed by atoms with Gasteiger partial charge in [0.1, 0.15) is 0 Å². The van der Waals surface area contributed by atoms with Gasteiger partial charge in [-0.25, -0.2) is 8.78 Å². The van der Waals surface area contributed by atoms with Gasteiger partial charge in [0.25, 0.3) is 6.43 Å². The Balaban J connectivity index is 2.07. The highest BCUT2D eigenvalue weighted by Gasteiger charge is 2.14. The Kier molecular flexibility index (Phi) is 3.39. The lowest BCUT2D eigenvalue weighted by Gasteiger charge is -2.14. The van der Waals surface area contributed by atoms with Crippen LogP contribution in [-0.4, -0.2) is 4.98 Å². The minimum atomic E-state index is -2.59. The van der Waals surface area contributed by atoms with E-state index >= 15 is 0 Å². The molecular formula is C16H13F2N3. The summed E-state index contributed by atoms with van der Waals surface area (Å²) in [7, 11) is 0. The normalized spacial score (nSPS) is 11.0. The molecule has 5 heteroatoms. The SMILES string of the molecule is Nc1ccc(Nc2cccc3ccncc23)c(C(F)F)c1. The summed E-state index contributed by atoms with van der Waals surface area (Å²) in [5.41, 5.74) is 6.85. The Morgan fingerprint density at radius 2 is 1.90 bits per heavy atom. The fourth-order valence-electron chi connectivity index (χ4n) is 2.24. The van der Waals surface area contributed by atoms with Crippen LogP contribution < -0.4 is 11.1 Å². The molecule has 3 aromatic rings. The maximum Gasteiger partial charge on any atom is 0.265 e. The van der Waals surface area contributed by atoms with Crippen molar-refractivity contribution in [3.05, 3.63) is 60.4 Å². The molecular weight excluding hydrogens is 272 g/mol. The van der Waals surface area contributed by atoms with E-state index in [4.69, 9.17) is 5.73 Å². The molecule has 3 rings (SSSR count). The predicted molar refractivity (Wildman–Crippen MR) is 80.8 cm³/mol. The number of nitrogens with two attached hydrogens (primary N) is 1. The van der Waals surface area contributed by atoms with Gasteiger partial charge in [-0.1, -0.05) is 12.1 Å². The first-order valence-corrected chi connectivity index (χ1v) is 6.42. The second-order valence-electron chi connectivity index (χ2n) is 4.67. The van der Waals surface area contributed by atoms with E-state index in [0.717, 1.165) is 16.5 Å². The number of rotatable bonds is 3. The first-order chi connectivity index (χ1) is 10.1. The van der Waals surface area contributed by atoms with E-state index in [1.165, 1.54) is 6.07 Å². The van der Waals surface area contributed by atoms with Gasteiger partial charge < -0.3 is 11.1 Å². The summed E-state index contributed by atoms with van der Waals surface area (Å²) >= 11 is 0. The average Bonchev–Trinajstić information content (AvgIpc) is 2.49. The zero-order chi connectivity index (χ0) is 14.8. The molecule has 2 aromatic carbocycles. The van der Waals surface area contributed by atoms with Crippen molar-refractivity contribution in [3.8, 4) is 0 Å². The molecule has 3 nitrogen and oxygen atoms in total. The van der Waals surface area contributed by atoms with E-state index in [2.05, 4.69) is 10.3 Å². The van der Waals surface area contributed by atoms with Gasteiger partial charge in [0.15, 0.2) is 0 Å². The molecule has 21 heavy (non-hydrogen) atoms. The number of hydrogen-bond acceptors (Lipinski definition) is 3. The van der Waals surface area contributed by atoms with Crippen molar-refractivity contribution in [1.29, 1.82) is 0 Å². The predicted octanol–water partition coefficient (Wildman–Crippen LogP) is 4.50. The van der Waals surface area contributed by atoms with Crippen molar-refractivity contribution in [1.82, 2.24) is 4.98 Å². The van der Waals surface area contributed by atoms with Crippen LogP contribution in [0.4, 0.5) is 25.8 Å². The summed E-state index contributed by atoms with van der Waals surface area (Å²) in [4.78, 5) is 4.08. The Hall–Kier alpha value is -2.69. The van der Waals surface area contributed by atoms with Gasteiger partial charge in [0, 0.05) is 40.4 Å². The number of hydrogen-bond donors (Lipinski definition) is 2. The van der Waals surface area contributed by atoms with E-state index in [1.807, 2.05) is 24.3 Å². The lowest BCUT2D eigenvalue weighted by Crippen LogP contribution is -1.99. The fourth-order valence-corrected chi connectivity index (χ4v) is 2.24. The fraction of sp³-hybridized carbons (Fsp3) is 0.0625. The average molecular weight is 285 g/mol. The number of halogens is 2. The van der Waals surface area contributed by atoms with Crippen LogP contribution in [0.15, 0.2) is 54.9 Å². The Morgan fingerprint density at radius 1 is 1.05 bits per heavy atom.